The lowest BCUT2D eigenvalue weighted by Crippen LogP contribution is -2.41. The Bertz CT molecular complexity index is 1310. The fourth-order valence-electron chi connectivity index (χ4n) is 4.00. The molecule has 1 aliphatic heterocycles. The lowest BCUT2D eigenvalue weighted by atomic mass is 10.1. The molecule has 0 bridgehead atoms. The second-order valence-corrected chi connectivity index (χ2v) is 13.9. The second-order valence-electron chi connectivity index (χ2n) is 11.0. The van der Waals surface area contributed by atoms with Crippen LogP contribution in [0, 0.1) is 16.7 Å². The Hall–Kier alpha value is -3.36. The summed E-state index contributed by atoms with van der Waals surface area (Å²) in [5, 5.41) is 0. The highest BCUT2D eigenvalue weighted by Crippen LogP contribution is 2.31. The van der Waals surface area contributed by atoms with Gasteiger partial charge >= 0.3 is 12.2 Å². The average Bonchev–Trinajstić information content (AvgIpc) is 3.40. The van der Waals surface area contributed by atoms with Crippen molar-refractivity contribution in [3.8, 4) is 5.75 Å². The lowest BCUT2D eigenvalue weighted by Gasteiger charge is -2.28. The van der Waals surface area contributed by atoms with Crippen LogP contribution in [0.1, 0.15) is 46.1 Å². The van der Waals surface area contributed by atoms with Gasteiger partial charge < -0.3 is 19.1 Å². The Morgan fingerprint density at radius 1 is 0.932 bits per heavy atom. The molecular formula is C29H38ClN5O7S2. The molecule has 2 aromatic carbocycles. The highest BCUT2D eigenvalue weighted by molar-refractivity contribution is 7.99. The Balaban J connectivity index is 0.00000675. The minimum atomic E-state index is -0.863. The van der Waals surface area contributed by atoms with E-state index in [2.05, 4.69) is 14.2 Å². The molecule has 44 heavy (non-hydrogen) atoms. The maximum Gasteiger partial charge on any atom is 0.513 e. The number of ether oxygens (including phenoxy) is 3. The van der Waals surface area contributed by atoms with Crippen LogP contribution >= 0.6 is 36.3 Å². The molecule has 0 atom stereocenters. The monoisotopic (exact) mass is 667 g/mol. The number of carbonyl (C=O) groups excluding carboxylic acids is 2. The highest BCUT2D eigenvalue weighted by Gasteiger charge is 2.29. The molecule has 0 saturated heterocycles. The van der Waals surface area contributed by atoms with E-state index in [1.807, 2.05) is 69.9 Å². The molecule has 1 heterocycles. The number of aliphatic imine (C=N–C) groups is 1. The van der Waals surface area contributed by atoms with Crippen LogP contribution < -0.4 is 9.64 Å². The van der Waals surface area contributed by atoms with E-state index in [4.69, 9.17) is 14.2 Å². The number of nitrogens with zero attached hydrogens (tertiary/aromatic N) is 5. The van der Waals surface area contributed by atoms with Crippen LogP contribution in [0.3, 0.4) is 0 Å². The van der Waals surface area contributed by atoms with Crippen LogP contribution in [0.2, 0.25) is 0 Å². The van der Waals surface area contributed by atoms with Crippen LogP contribution in [0.5, 0.6) is 5.75 Å². The third-order valence-corrected chi connectivity index (χ3v) is 8.09. The Labute approximate surface area is 272 Å². The van der Waals surface area contributed by atoms with Gasteiger partial charge in [0.15, 0.2) is 0 Å². The standard InChI is InChI=1S/C29H37N5O7S2.ClH/c1-21-9-11-22(12-10-21)34(20-25-30-15-16-33(25)26(35)39-17-13-28(2,3)42-31-37)23-7-6-8-24(19-23)41-27(36)40-18-14-29(4,5)43-32-38;/h6-12,19H,13-18,20H2,1-5H3;1H. The molecule has 0 fully saturated rings. The molecule has 1 amide bonds. The minimum absolute atomic E-state index is 0. The maximum atomic E-state index is 13.0. The van der Waals surface area contributed by atoms with E-state index in [0.29, 0.717) is 37.5 Å². The minimum Gasteiger partial charge on any atom is -0.449 e. The zero-order valence-electron chi connectivity index (χ0n) is 25.4. The first-order valence-corrected chi connectivity index (χ1v) is 15.3. The van der Waals surface area contributed by atoms with Gasteiger partial charge in [-0.1, -0.05) is 23.8 Å². The van der Waals surface area contributed by atoms with E-state index < -0.39 is 21.7 Å². The number of halogens is 1. The van der Waals surface area contributed by atoms with E-state index >= 15 is 0 Å². The van der Waals surface area contributed by atoms with Gasteiger partial charge in [0.25, 0.3) is 0 Å². The van der Waals surface area contributed by atoms with Crippen molar-refractivity contribution >= 4 is 65.8 Å². The normalized spacial score (nSPS) is 12.9. The topological polar surface area (TPSA) is 140 Å². The number of amides is 1. The second kappa shape index (κ2) is 17.2. The molecule has 12 nitrogen and oxygen atoms in total. The summed E-state index contributed by atoms with van der Waals surface area (Å²) in [4.78, 5) is 54.6. The molecule has 0 unspecified atom stereocenters. The Morgan fingerprint density at radius 3 is 2.16 bits per heavy atom. The number of nitroso groups, excluding NO2 is 2. The zero-order chi connectivity index (χ0) is 31.5. The van der Waals surface area contributed by atoms with Crippen molar-refractivity contribution in [3.63, 3.8) is 0 Å². The van der Waals surface area contributed by atoms with Gasteiger partial charge in [0.05, 0.1) is 32.8 Å². The van der Waals surface area contributed by atoms with Gasteiger partial charge in [0, 0.05) is 60.0 Å². The number of anilines is 2. The quantitative estimate of drug-likeness (QED) is 0.0792. The van der Waals surface area contributed by atoms with Crippen molar-refractivity contribution in [2.45, 2.75) is 57.0 Å². The molecule has 240 valence electrons. The molecule has 0 saturated carbocycles. The predicted octanol–water partition coefficient (Wildman–Crippen LogP) is 8.09. The molecule has 0 spiro atoms. The average molecular weight is 668 g/mol. The maximum absolute atomic E-state index is 13.0. The van der Waals surface area contributed by atoms with E-state index in [-0.39, 0.29) is 37.9 Å². The summed E-state index contributed by atoms with van der Waals surface area (Å²) in [5.74, 6) is 0.808. The molecule has 0 N–H and O–H groups in total. The van der Waals surface area contributed by atoms with Crippen molar-refractivity contribution < 1.29 is 23.8 Å². The summed E-state index contributed by atoms with van der Waals surface area (Å²) in [5.41, 5.74) is 2.63. The smallest absolute Gasteiger partial charge is 0.449 e. The number of aryl methyl sites for hydroxylation is 1. The number of hydrogen-bond acceptors (Lipinski definition) is 13. The number of carbonyl (C=O) groups is 2. The van der Waals surface area contributed by atoms with Crippen LogP contribution in [-0.4, -0.2) is 65.3 Å². The number of hydrogen-bond donors (Lipinski definition) is 0. The van der Waals surface area contributed by atoms with Crippen molar-refractivity contribution in [1.82, 2.24) is 4.90 Å². The molecule has 0 radical (unpaired) electrons. The van der Waals surface area contributed by atoms with Crippen molar-refractivity contribution in [1.29, 1.82) is 0 Å². The summed E-state index contributed by atoms with van der Waals surface area (Å²) >= 11 is 1.80. The molecule has 15 heteroatoms. The van der Waals surface area contributed by atoms with Gasteiger partial charge in [-0.3, -0.25) is 9.89 Å². The van der Waals surface area contributed by atoms with E-state index in [9.17, 15) is 19.4 Å². The van der Waals surface area contributed by atoms with Gasteiger partial charge in [-0.2, -0.15) is 0 Å². The van der Waals surface area contributed by atoms with Gasteiger partial charge in [0.2, 0.25) is 0 Å². The largest absolute Gasteiger partial charge is 0.513 e. The first-order valence-electron chi connectivity index (χ1n) is 13.7. The van der Waals surface area contributed by atoms with Gasteiger partial charge in [-0.25, -0.2) is 9.59 Å². The molecule has 1 aliphatic rings. The molecule has 2 aromatic rings. The summed E-state index contributed by atoms with van der Waals surface area (Å²) in [6.45, 7) is 10.7. The lowest BCUT2D eigenvalue weighted by molar-refractivity contribution is 0.0961. The number of rotatable bonds is 15. The van der Waals surface area contributed by atoms with Gasteiger partial charge in [0.1, 0.15) is 11.6 Å². The third kappa shape index (κ3) is 11.6. The summed E-state index contributed by atoms with van der Waals surface area (Å²) < 4.78 is 21.0. The summed E-state index contributed by atoms with van der Waals surface area (Å²) in [6, 6.07) is 14.9. The number of benzene rings is 2. The summed E-state index contributed by atoms with van der Waals surface area (Å²) in [7, 11) is 0. The molecular weight excluding hydrogens is 630 g/mol. The van der Waals surface area contributed by atoms with E-state index in [0.717, 1.165) is 35.1 Å². The Morgan fingerprint density at radius 2 is 1.55 bits per heavy atom. The van der Waals surface area contributed by atoms with Crippen LogP contribution in [-0.2, 0) is 9.47 Å². The van der Waals surface area contributed by atoms with Crippen LogP contribution in [0.15, 0.2) is 62.7 Å². The predicted molar refractivity (Wildman–Crippen MR) is 178 cm³/mol. The van der Waals surface area contributed by atoms with Crippen LogP contribution in [0.25, 0.3) is 0 Å². The molecule has 0 aromatic heterocycles. The van der Waals surface area contributed by atoms with Gasteiger partial charge in [-0.05, 0) is 71.7 Å². The highest BCUT2D eigenvalue weighted by atomic mass is 35.5. The van der Waals surface area contributed by atoms with Crippen molar-refractivity contribution in [2.75, 3.05) is 37.7 Å². The van der Waals surface area contributed by atoms with E-state index in [1.54, 1.807) is 18.2 Å². The molecule has 0 aliphatic carbocycles. The fraction of sp³-hybridized carbons (Fsp3) is 0.483. The van der Waals surface area contributed by atoms with Gasteiger partial charge in [-0.15, -0.1) is 22.2 Å². The van der Waals surface area contributed by atoms with Crippen molar-refractivity contribution in [3.05, 3.63) is 63.9 Å². The van der Waals surface area contributed by atoms with Crippen LogP contribution in [0.4, 0.5) is 21.0 Å². The van der Waals surface area contributed by atoms with Crippen molar-refractivity contribution in [2.24, 2.45) is 14.2 Å². The Kier molecular flexibility index (Phi) is 14.4. The fourth-order valence-corrected chi connectivity index (χ4v) is 4.75. The molecule has 3 rings (SSSR count). The summed E-state index contributed by atoms with van der Waals surface area (Å²) in [6.07, 6.45) is -0.482. The first-order chi connectivity index (χ1) is 20.4. The third-order valence-electron chi connectivity index (χ3n) is 6.55. The zero-order valence-corrected chi connectivity index (χ0v) is 27.8. The SMILES string of the molecule is Cc1ccc(N(CC2=NCCN2C(=O)OCCC(C)(C)SN=O)c2cccc(OC(=O)OCCC(C)(C)SN=O)c2)cc1.Cl. The number of amidine groups is 1. The van der Waals surface area contributed by atoms with E-state index in [1.165, 1.54) is 4.90 Å². The first kappa shape index (κ1) is 36.8.